The summed E-state index contributed by atoms with van der Waals surface area (Å²) in [5, 5.41) is 34.5. The van der Waals surface area contributed by atoms with E-state index in [0.717, 1.165) is 4.90 Å². The van der Waals surface area contributed by atoms with Gasteiger partial charge in [-0.3, -0.25) is 9.59 Å². The molecule has 204 valence electrons. The van der Waals surface area contributed by atoms with Gasteiger partial charge in [-0.2, -0.15) is 5.26 Å². The van der Waals surface area contributed by atoms with Gasteiger partial charge in [-0.25, -0.2) is 4.79 Å². The molecule has 38 heavy (non-hydrogen) atoms. The topological polar surface area (TPSA) is 152 Å². The Morgan fingerprint density at radius 3 is 1.95 bits per heavy atom. The second-order valence-corrected chi connectivity index (χ2v) is 10.9. The number of phenolic OH excluding ortho intramolecular Hbond substituents is 2. The van der Waals surface area contributed by atoms with E-state index in [4.69, 9.17) is 4.74 Å². The molecule has 0 bridgehead atoms. The van der Waals surface area contributed by atoms with E-state index in [9.17, 15) is 29.9 Å². The highest BCUT2D eigenvalue weighted by atomic mass is 16.6. The van der Waals surface area contributed by atoms with Crippen molar-refractivity contribution in [2.75, 3.05) is 6.54 Å². The molecular formula is C28H36N4O6. The Balaban J connectivity index is 2.54. The molecule has 0 saturated heterocycles. The Labute approximate surface area is 223 Å². The first-order valence-corrected chi connectivity index (χ1v) is 12.2. The number of aromatic hydroxyl groups is 2. The average molecular weight is 525 g/mol. The number of rotatable bonds is 8. The van der Waals surface area contributed by atoms with Gasteiger partial charge in [-0.05, 0) is 76.9 Å². The summed E-state index contributed by atoms with van der Waals surface area (Å²) in [7, 11) is 0. The largest absolute Gasteiger partial charge is 0.508 e. The van der Waals surface area contributed by atoms with Crippen molar-refractivity contribution >= 4 is 17.9 Å². The molecule has 0 radical (unpaired) electrons. The highest BCUT2D eigenvalue weighted by Gasteiger charge is 2.37. The SMILES string of the molecule is CC(C)(C)NC(=O)C(c1ccc(O)cc1)N(CC#N)C(=O)C(Cc1ccc(O)cc1)NC(=O)OC(C)(C)C. The van der Waals surface area contributed by atoms with Gasteiger partial charge in [0.1, 0.15) is 35.7 Å². The average Bonchev–Trinajstić information content (AvgIpc) is 2.78. The zero-order valence-corrected chi connectivity index (χ0v) is 22.6. The van der Waals surface area contributed by atoms with E-state index in [2.05, 4.69) is 10.6 Å². The zero-order chi connectivity index (χ0) is 28.7. The van der Waals surface area contributed by atoms with E-state index in [0.29, 0.717) is 11.1 Å². The van der Waals surface area contributed by atoms with Crippen LogP contribution in [0.5, 0.6) is 11.5 Å². The van der Waals surface area contributed by atoms with Gasteiger partial charge in [0.15, 0.2) is 0 Å². The summed E-state index contributed by atoms with van der Waals surface area (Å²) in [5.74, 6) is -1.21. The number of phenols is 2. The number of hydrogen-bond donors (Lipinski definition) is 4. The second-order valence-electron chi connectivity index (χ2n) is 10.9. The Bertz CT molecular complexity index is 1160. The molecular weight excluding hydrogens is 488 g/mol. The lowest BCUT2D eigenvalue weighted by Crippen LogP contribution is -2.55. The molecule has 0 heterocycles. The van der Waals surface area contributed by atoms with E-state index < -0.39 is 47.7 Å². The van der Waals surface area contributed by atoms with Gasteiger partial charge < -0.3 is 30.5 Å². The fourth-order valence-electron chi connectivity index (χ4n) is 3.66. The van der Waals surface area contributed by atoms with Crippen molar-refractivity contribution in [1.29, 1.82) is 5.26 Å². The Kier molecular flexibility index (Phi) is 9.72. The van der Waals surface area contributed by atoms with Gasteiger partial charge in [-0.15, -0.1) is 0 Å². The van der Waals surface area contributed by atoms with Crippen LogP contribution in [0.1, 0.15) is 58.7 Å². The molecule has 2 aromatic rings. The Morgan fingerprint density at radius 2 is 1.47 bits per heavy atom. The van der Waals surface area contributed by atoms with Gasteiger partial charge in [0, 0.05) is 12.0 Å². The van der Waals surface area contributed by atoms with Gasteiger partial charge >= 0.3 is 6.09 Å². The minimum atomic E-state index is -1.23. The Hall–Kier alpha value is -4.26. The molecule has 0 fully saturated rings. The van der Waals surface area contributed by atoms with E-state index in [1.165, 1.54) is 36.4 Å². The van der Waals surface area contributed by atoms with Crippen molar-refractivity contribution in [3.63, 3.8) is 0 Å². The lowest BCUT2D eigenvalue weighted by atomic mass is 9.99. The fourth-order valence-corrected chi connectivity index (χ4v) is 3.66. The summed E-state index contributed by atoms with van der Waals surface area (Å²) >= 11 is 0. The highest BCUT2D eigenvalue weighted by Crippen LogP contribution is 2.26. The monoisotopic (exact) mass is 524 g/mol. The molecule has 10 nitrogen and oxygen atoms in total. The number of carbonyl (C=O) groups is 3. The maximum Gasteiger partial charge on any atom is 0.408 e. The summed E-state index contributed by atoms with van der Waals surface area (Å²) in [5.41, 5.74) is -0.486. The zero-order valence-electron chi connectivity index (χ0n) is 22.6. The van der Waals surface area contributed by atoms with E-state index >= 15 is 0 Å². The van der Waals surface area contributed by atoms with Crippen LogP contribution >= 0.6 is 0 Å². The quantitative estimate of drug-likeness (QED) is 0.385. The number of nitrogens with zero attached hydrogens (tertiary/aromatic N) is 2. The van der Waals surface area contributed by atoms with E-state index in [1.54, 1.807) is 53.7 Å². The number of hydrogen-bond acceptors (Lipinski definition) is 7. The van der Waals surface area contributed by atoms with Crippen LogP contribution in [0, 0.1) is 11.3 Å². The first kappa shape index (κ1) is 30.0. The molecule has 0 aromatic heterocycles. The molecule has 4 N–H and O–H groups in total. The van der Waals surface area contributed by atoms with Crippen molar-refractivity contribution in [2.45, 2.75) is 71.2 Å². The molecule has 2 unspecified atom stereocenters. The van der Waals surface area contributed by atoms with Gasteiger partial charge in [0.25, 0.3) is 0 Å². The van der Waals surface area contributed by atoms with Gasteiger partial charge in [-0.1, -0.05) is 24.3 Å². The molecule has 2 aromatic carbocycles. The smallest absolute Gasteiger partial charge is 0.408 e. The van der Waals surface area contributed by atoms with Crippen LogP contribution in [0.3, 0.4) is 0 Å². The number of alkyl carbamates (subject to hydrolysis) is 1. The number of ether oxygens (including phenoxy) is 1. The second kappa shape index (κ2) is 12.3. The molecule has 2 rings (SSSR count). The molecule has 0 aliphatic rings. The van der Waals surface area contributed by atoms with Crippen molar-refractivity contribution in [2.24, 2.45) is 0 Å². The molecule has 2 atom stereocenters. The van der Waals surface area contributed by atoms with Crippen LogP contribution in [-0.2, 0) is 20.7 Å². The minimum absolute atomic E-state index is 0.00344. The van der Waals surface area contributed by atoms with Crippen molar-refractivity contribution < 1.29 is 29.3 Å². The normalized spacial score (nSPS) is 13.0. The standard InChI is InChI=1S/C28H36N4O6/c1-27(2,3)31-24(35)23(19-9-13-21(34)14-10-19)32(16-15-29)25(36)22(30-26(37)38-28(4,5)6)17-18-7-11-20(33)12-8-18/h7-14,22-23,33-34H,16-17H2,1-6H3,(H,30,37)(H,31,35). The molecule has 0 aliphatic carbocycles. The summed E-state index contributed by atoms with van der Waals surface area (Å²) in [6.45, 7) is 9.95. The number of nitrogens with one attached hydrogen (secondary N) is 2. The van der Waals surface area contributed by atoms with E-state index in [-0.39, 0.29) is 17.9 Å². The van der Waals surface area contributed by atoms with Crippen LogP contribution in [0.2, 0.25) is 0 Å². The first-order chi connectivity index (χ1) is 17.6. The lowest BCUT2D eigenvalue weighted by molar-refractivity contribution is -0.142. The predicted octanol–water partition coefficient (Wildman–Crippen LogP) is 3.54. The van der Waals surface area contributed by atoms with Crippen LogP contribution in [0.15, 0.2) is 48.5 Å². The maximum atomic E-state index is 14.0. The van der Waals surface area contributed by atoms with Gasteiger partial charge in [0.05, 0.1) is 6.07 Å². The molecule has 0 aliphatic heterocycles. The van der Waals surface area contributed by atoms with Gasteiger partial charge in [0.2, 0.25) is 11.8 Å². The fraction of sp³-hybridized carbons (Fsp3) is 0.429. The minimum Gasteiger partial charge on any atom is -0.508 e. The van der Waals surface area contributed by atoms with Crippen molar-refractivity contribution in [3.05, 3.63) is 59.7 Å². The predicted molar refractivity (Wildman–Crippen MR) is 141 cm³/mol. The number of nitriles is 1. The number of carbonyl (C=O) groups excluding carboxylic acids is 3. The van der Waals surface area contributed by atoms with Crippen molar-refractivity contribution in [3.8, 4) is 17.6 Å². The summed E-state index contributed by atoms with van der Waals surface area (Å²) in [6, 6.07) is 11.4. The first-order valence-electron chi connectivity index (χ1n) is 12.2. The van der Waals surface area contributed by atoms with Crippen LogP contribution < -0.4 is 10.6 Å². The molecule has 0 spiro atoms. The highest BCUT2D eigenvalue weighted by molar-refractivity contribution is 5.92. The Morgan fingerprint density at radius 1 is 0.947 bits per heavy atom. The summed E-state index contributed by atoms with van der Waals surface area (Å²) < 4.78 is 5.35. The third-order valence-corrected chi connectivity index (χ3v) is 5.16. The number of benzene rings is 2. The molecule has 0 saturated carbocycles. The molecule has 10 heteroatoms. The van der Waals surface area contributed by atoms with Crippen LogP contribution in [0.4, 0.5) is 4.79 Å². The summed E-state index contributed by atoms with van der Waals surface area (Å²) in [6.07, 6.45) is -0.837. The van der Waals surface area contributed by atoms with Crippen LogP contribution in [0.25, 0.3) is 0 Å². The third-order valence-electron chi connectivity index (χ3n) is 5.16. The lowest BCUT2D eigenvalue weighted by Gasteiger charge is -2.34. The number of amides is 3. The maximum absolute atomic E-state index is 14.0. The third kappa shape index (κ3) is 9.32. The summed E-state index contributed by atoms with van der Waals surface area (Å²) in [4.78, 5) is 41.2. The van der Waals surface area contributed by atoms with Crippen molar-refractivity contribution in [1.82, 2.24) is 15.5 Å². The van der Waals surface area contributed by atoms with E-state index in [1.807, 2.05) is 6.07 Å². The van der Waals surface area contributed by atoms with Crippen LogP contribution in [-0.4, -0.2) is 56.7 Å². The molecule has 3 amide bonds.